The minimum Gasteiger partial charge on any atom is -0.497 e. The van der Waals surface area contributed by atoms with Gasteiger partial charge in [-0.05, 0) is 31.0 Å². The Labute approximate surface area is 135 Å². The first kappa shape index (κ1) is 18.4. The number of carboxylic acid groups (broad SMARTS) is 1. The number of rotatable bonds is 9. The fraction of sp³-hybridized carbons (Fsp3) is 0.500. The highest BCUT2D eigenvalue weighted by Gasteiger charge is 2.35. The standard InChI is InChI=1S/C16H23NO4S/c1-4-16(5-2,15(19)20)11-17-14(18)10-22-13-8-6-7-12(9-13)21-3/h6-9H,4-5,10-11H2,1-3H3,(H,17,18)(H,19,20). The minimum absolute atomic E-state index is 0.160. The molecule has 1 rings (SSSR count). The third kappa shape index (κ3) is 4.94. The van der Waals surface area contributed by atoms with Gasteiger partial charge in [0.25, 0.3) is 0 Å². The van der Waals surface area contributed by atoms with Gasteiger partial charge in [-0.25, -0.2) is 0 Å². The van der Waals surface area contributed by atoms with Crippen molar-refractivity contribution in [1.82, 2.24) is 5.32 Å². The monoisotopic (exact) mass is 325 g/mol. The molecule has 1 amide bonds. The van der Waals surface area contributed by atoms with Crippen molar-refractivity contribution in [1.29, 1.82) is 0 Å². The maximum absolute atomic E-state index is 11.9. The van der Waals surface area contributed by atoms with Crippen LogP contribution in [0.4, 0.5) is 0 Å². The van der Waals surface area contributed by atoms with Crippen LogP contribution >= 0.6 is 11.8 Å². The molecule has 0 aliphatic rings. The molecule has 6 heteroatoms. The largest absolute Gasteiger partial charge is 0.497 e. The van der Waals surface area contributed by atoms with Gasteiger partial charge in [0.15, 0.2) is 0 Å². The van der Waals surface area contributed by atoms with Crippen LogP contribution in [0.15, 0.2) is 29.2 Å². The van der Waals surface area contributed by atoms with E-state index in [0.717, 1.165) is 10.6 Å². The highest BCUT2D eigenvalue weighted by Crippen LogP contribution is 2.26. The molecule has 1 aromatic carbocycles. The Balaban J connectivity index is 2.51. The molecule has 0 unspecified atom stereocenters. The summed E-state index contributed by atoms with van der Waals surface area (Å²) in [5.74, 6) is -0.0399. The zero-order chi connectivity index (χ0) is 16.6. The summed E-state index contributed by atoms with van der Waals surface area (Å²) in [5.41, 5.74) is -0.879. The summed E-state index contributed by atoms with van der Waals surface area (Å²) >= 11 is 1.39. The quantitative estimate of drug-likeness (QED) is 0.683. The molecule has 0 bridgehead atoms. The predicted octanol–water partition coefficient (Wildman–Crippen LogP) is 2.79. The lowest BCUT2D eigenvalue weighted by atomic mass is 9.82. The number of hydrogen-bond acceptors (Lipinski definition) is 4. The zero-order valence-corrected chi connectivity index (χ0v) is 14.0. The number of nitrogens with one attached hydrogen (secondary N) is 1. The lowest BCUT2D eigenvalue weighted by Crippen LogP contribution is -2.42. The SMILES string of the molecule is CCC(CC)(CNC(=O)CSc1cccc(OC)c1)C(=O)O. The Morgan fingerprint density at radius 2 is 2.00 bits per heavy atom. The summed E-state index contributed by atoms with van der Waals surface area (Å²) in [7, 11) is 1.59. The van der Waals surface area contributed by atoms with E-state index in [1.54, 1.807) is 7.11 Å². The Morgan fingerprint density at radius 1 is 1.32 bits per heavy atom. The maximum atomic E-state index is 11.9. The molecule has 0 aromatic heterocycles. The van der Waals surface area contributed by atoms with Crippen molar-refractivity contribution < 1.29 is 19.4 Å². The van der Waals surface area contributed by atoms with Gasteiger partial charge in [0.05, 0.1) is 18.3 Å². The van der Waals surface area contributed by atoms with Gasteiger partial charge in [-0.3, -0.25) is 9.59 Å². The van der Waals surface area contributed by atoms with Gasteiger partial charge in [-0.2, -0.15) is 0 Å². The van der Waals surface area contributed by atoms with Crippen molar-refractivity contribution in [2.45, 2.75) is 31.6 Å². The summed E-state index contributed by atoms with van der Waals surface area (Å²) < 4.78 is 5.13. The van der Waals surface area contributed by atoms with Crippen molar-refractivity contribution in [2.75, 3.05) is 19.4 Å². The summed E-state index contributed by atoms with van der Waals surface area (Å²) in [6.45, 7) is 3.82. The summed E-state index contributed by atoms with van der Waals surface area (Å²) in [6.07, 6.45) is 0.976. The molecule has 0 spiro atoms. The lowest BCUT2D eigenvalue weighted by Gasteiger charge is -2.26. The van der Waals surface area contributed by atoms with Crippen LogP contribution in [0.2, 0.25) is 0 Å². The van der Waals surface area contributed by atoms with Gasteiger partial charge in [-0.15, -0.1) is 11.8 Å². The molecular weight excluding hydrogens is 302 g/mol. The number of aliphatic carboxylic acids is 1. The molecule has 5 nitrogen and oxygen atoms in total. The van der Waals surface area contributed by atoms with Crippen LogP contribution in [0, 0.1) is 5.41 Å². The fourth-order valence-electron chi connectivity index (χ4n) is 2.04. The highest BCUT2D eigenvalue weighted by molar-refractivity contribution is 8.00. The Kier molecular flexibility index (Phi) is 7.24. The van der Waals surface area contributed by atoms with Gasteiger partial charge >= 0.3 is 5.97 Å². The van der Waals surface area contributed by atoms with Crippen molar-refractivity contribution in [2.24, 2.45) is 5.41 Å². The molecule has 22 heavy (non-hydrogen) atoms. The second-order valence-corrected chi connectivity index (χ2v) is 6.09. The molecule has 0 atom stereocenters. The molecule has 1 aromatic rings. The fourth-order valence-corrected chi connectivity index (χ4v) is 2.81. The van der Waals surface area contributed by atoms with E-state index in [9.17, 15) is 14.7 Å². The molecule has 2 N–H and O–H groups in total. The first-order valence-electron chi connectivity index (χ1n) is 7.24. The third-order valence-corrected chi connectivity index (χ3v) is 4.84. The van der Waals surface area contributed by atoms with E-state index in [1.165, 1.54) is 11.8 Å². The van der Waals surface area contributed by atoms with Crippen LogP contribution in [0.1, 0.15) is 26.7 Å². The number of ether oxygens (including phenoxy) is 1. The van der Waals surface area contributed by atoms with Crippen LogP contribution in [0.5, 0.6) is 5.75 Å². The number of thioether (sulfide) groups is 1. The third-order valence-electron chi connectivity index (χ3n) is 3.84. The minimum atomic E-state index is -0.879. The average Bonchev–Trinajstić information content (AvgIpc) is 2.54. The Hall–Kier alpha value is -1.69. The number of carbonyl (C=O) groups excluding carboxylic acids is 1. The zero-order valence-electron chi connectivity index (χ0n) is 13.2. The van der Waals surface area contributed by atoms with Gasteiger partial charge in [0.1, 0.15) is 5.75 Å². The number of hydrogen-bond donors (Lipinski definition) is 2. The lowest BCUT2D eigenvalue weighted by molar-refractivity contribution is -0.149. The molecule has 122 valence electrons. The number of methoxy groups -OCH3 is 1. The number of benzene rings is 1. The Bertz CT molecular complexity index is 515. The van der Waals surface area contributed by atoms with Crippen LogP contribution in [0.25, 0.3) is 0 Å². The van der Waals surface area contributed by atoms with Crippen molar-refractivity contribution >= 4 is 23.6 Å². The molecule has 0 saturated carbocycles. The van der Waals surface area contributed by atoms with E-state index < -0.39 is 11.4 Å². The predicted molar refractivity (Wildman–Crippen MR) is 87.4 cm³/mol. The summed E-state index contributed by atoms with van der Waals surface area (Å²) in [5, 5.41) is 12.1. The second kappa shape index (κ2) is 8.68. The smallest absolute Gasteiger partial charge is 0.311 e. The van der Waals surface area contributed by atoms with E-state index in [-0.39, 0.29) is 18.2 Å². The van der Waals surface area contributed by atoms with E-state index in [1.807, 2.05) is 38.1 Å². The maximum Gasteiger partial charge on any atom is 0.311 e. The van der Waals surface area contributed by atoms with E-state index in [0.29, 0.717) is 12.8 Å². The Morgan fingerprint density at radius 3 is 2.55 bits per heavy atom. The molecule has 0 heterocycles. The summed E-state index contributed by atoms with van der Waals surface area (Å²) in [4.78, 5) is 24.2. The van der Waals surface area contributed by atoms with Crippen molar-refractivity contribution in [3.8, 4) is 5.75 Å². The van der Waals surface area contributed by atoms with E-state index >= 15 is 0 Å². The molecule has 0 radical (unpaired) electrons. The van der Waals surface area contributed by atoms with Crippen LogP contribution in [-0.2, 0) is 9.59 Å². The van der Waals surface area contributed by atoms with Crippen LogP contribution in [0.3, 0.4) is 0 Å². The average molecular weight is 325 g/mol. The van der Waals surface area contributed by atoms with E-state index in [4.69, 9.17) is 4.74 Å². The molecule has 0 fully saturated rings. The highest BCUT2D eigenvalue weighted by atomic mass is 32.2. The van der Waals surface area contributed by atoms with Gasteiger partial charge < -0.3 is 15.2 Å². The molecule has 0 aliphatic heterocycles. The number of carbonyl (C=O) groups is 2. The van der Waals surface area contributed by atoms with Crippen molar-refractivity contribution in [3.63, 3.8) is 0 Å². The van der Waals surface area contributed by atoms with Gasteiger partial charge in [-0.1, -0.05) is 19.9 Å². The van der Waals surface area contributed by atoms with Crippen LogP contribution < -0.4 is 10.1 Å². The number of amides is 1. The topological polar surface area (TPSA) is 75.6 Å². The second-order valence-electron chi connectivity index (χ2n) is 5.04. The molecule has 0 saturated heterocycles. The molecule has 0 aliphatic carbocycles. The summed E-state index contributed by atoms with van der Waals surface area (Å²) in [6, 6.07) is 7.47. The van der Waals surface area contributed by atoms with Gasteiger partial charge in [0.2, 0.25) is 5.91 Å². The first-order chi connectivity index (χ1) is 10.5. The van der Waals surface area contributed by atoms with E-state index in [2.05, 4.69) is 5.32 Å². The van der Waals surface area contributed by atoms with Gasteiger partial charge in [0, 0.05) is 11.4 Å². The molecular formula is C16H23NO4S. The normalized spacial score (nSPS) is 11.0. The number of carboxylic acids is 1. The van der Waals surface area contributed by atoms with Crippen LogP contribution in [-0.4, -0.2) is 36.4 Å². The van der Waals surface area contributed by atoms with Crippen molar-refractivity contribution in [3.05, 3.63) is 24.3 Å². The first-order valence-corrected chi connectivity index (χ1v) is 8.23.